The molecule has 0 saturated carbocycles. The summed E-state index contributed by atoms with van der Waals surface area (Å²) in [6.07, 6.45) is 0. The molecule has 16 heavy (non-hydrogen) atoms. The van der Waals surface area contributed by atoms with E-state index in [0.717, 1.165) is 18.8 Å². The molecular weight excluding hydrogens is 200 g/mol. The van der Waals surface area contributed by atoms with Crippen LogP contribution in [0.5, 0.6) is 0 Å². The lowest BCUT2D eigenvalue weighted by molar-refractivity contribution is -0.120. The molecule has 0 spiro atoms. The van der Waals surface area contributed by atoms with E-state index < -0.39 is 0 Å². The Morgan fingerprint density at radius 3 is 2.31 bits per heavy atom. The number of carbonyl (C=O) groups excluding carboxylic acids is 1. The van der Waals surface area contributed by atoms with Gasteiger partial charge in [0.1, 0.15) is 0 Å². The molecule has 3 nitrogen and oxygen atoms in total. The zero-order valence-corrected chi connectivity index (χ0v) is 10.2. The van der Waals surface area contributed by atoms with Gasteiger partial charge in [-0.15, -0.1) is 0 Å². The van der Waals surface area contributed by atoms with Gasteiger partial charge in [-0.05, 0) is 32.1 Å². The minimum Gasteiger partial charge on any atom is -0.325 e. The van der Waals surface area contributed by atoms with Crippen LogP contribution in [0, 0.1) is 0 Å². The highest BCUT2D eigenvalue weighted by Gasteiger charge is 2.18. The van der Waals surface area contributed by atoms with Crippen molar-refractivity contribution in [2.75, 3.05) is 18.4 Å². The monoisotopic (exact) mass is 220 g/mol. The maximum absolute atomic E-state index is 11.9. The summed E-state index contributed by atoms with van der Waals surface area (Å²) in [5.74, 6) is 0.0508. The summed E-state index contributed by atoms with van der Waals surface area (Å²) in [6, 6.07) is 9.47. The van der Waals surface area contributed by atoms with E-state index in [2.05, 4.69) is 24.1 Å². The standard InChI is InChI=1S/C13H20N2O/c1-4-15(5-2)11(3)13(16)14-12-9-7-6-8-10-12/h6-11H,4-5H2,1-3H3,(H,14,16). The first-order valence-electron chi connectivity index (χ1n) is 5.79. The van der Waals surface area contributed by atoms with Crippen LogP contribution in [-0.4, -0.2) is 29.9 Å². The molecule has 88 valence electrons. The van der Waals surface area contributed by atoms with Crippen molar-refractivity contribution in [2.24, 2.45) is 0 Å². The number of anilines is 1. The third-order valence-corrected chi connectivity index (χ3v) is 2.78. The Morgan fingerprint density at radius 1 is 1.25 bits per heavy atom. The van der Waals surface area contributed by atoms with Crippen LogP contribution in [0.2, 0.25) is 0 Å². The first-order chi connectivity index (χ1) is 7.69. The maximum atomic E-state index is 11.9. The van der Waals surface area contributed by atoms with Crippen molar-refractivity contribution in [3.63, 3.8) is 0 Å². The van der Waals surface area contributed by atoms with Crippen LogP contribution in [0.15, 0.2) is 30.3 Å². The highest BCUT2D eigenvalue weighted by Crippen LogP contribution is 2.07. The van der Waals surface area contributed by atoms with Gasteiger partial charge in [-0.25, -0.2) is 0 Å². The molecule has 0 aliphatic rings. The van der Waals surface area contributed by atoms with Gasteiger partial charge in [0.2, 0.25) is 5.91 Å². The first-order valence-corrected chi connectivity index (χ1v) is 5.79. The van der Waals surface area contributed by atoms with E-state index >= 15 is 0 Å². The van der Waals surface area contributed by atoms with E-state index in [9.17, 15) is 4.79 Å². The zero-order chi connectivity index (χ0) is 12.0. The van der Waals surface area contributed by atoms with Crippen molar-refractivity contribution < 1.29 is 4.79 Å². The average Bonchev–Trinajstić information content (AvgIpc) is 2.31. The first kappa shape index (κ1) is 12.7. The van der Waals surface area contributed by atoms with Crippen molar-refractivity contribution in [3.8, 4) is 0 Å². The van der Waals surface area contributed by atoms with Gasteiger partial charge < -0.3 is 5.32 Å². The fourth-order valence-corrected chi connectivity index (χ4v) is 1.71. The number of para-hydroxylation sites is 1. The predicted molar refractivity (Wildman–Crippen MR) is 67.5 cm³/mol. The molecule has 1 unspecified atom stereocenters. The lowest BCUT2D eigenvalue weighted by Gasteiger charge is -2.25. The van der Waals surface area contributed by atoms with Crippen molar-refractivity contribution in [1.29, 1.82) is 0 Å². The number of amides is 1. The van der Waals surface area contributed by atoms with Crippen LogP contribution in [-0.2, 0) is 4.79 Å². The van der Waals surface area contributed by atoms with Crippen molar-refractivity contribution in [3.05, 3.63) is 30.3 Å². The highest BCUT2D eigenvalue weighted by molar-refractivity contribution is 5.94. The average molecular weight is 220 g/mol. The van der Waals surface area contributed by atoms with Gasteiger partial charge in [-0.2, -0.15) is 0 Å². The number of rotatable bonds is 5. The molecule has 1 rings (SSSR count). The maximum Gasteiger partial charge on any atom is 0.241 e. The van der Waals surface area contributed by atoms with Gasteiger partial charge in [-0.1, -0.05) is 32.0 Å². The molecule has 1 atom stereocenters. The summed E-state index contributed by atoms with van der Waals surface area (Å²) in [4.78, 5) is 14.0. The second kappa shape index (κ2) is 6.28. The van der Waals surface area contributed by atoms with Crippen molar-refractivity contribution in [2.45, 2.75) is 26.8 Å². The Morgan fingerprint density at radius 2 is 1.81 bits per heavy atom. The third kappa shape index (κ3) is 3.35. The van der Waals surface area contributed by atoms with Crippen LogP contribution < -0.4 is 5.32 Å². The van der Waals surface area contributed by atoms with Crippen LogP contribution in [0.3, 0.4) is 0 Å². The number of hydrogen-bond acceptors (Lipinski definition) is 2. The van der Waals surface area contributed by atoms with Crippen LogP contribution >= 0.6 is 0 Å². The Bertz CT molecular complexity index is 320. The van der Waals surface area contributed by atoms with Gasteiger partial charge in [0, 0.05) is 5.69 Å². The van der Waals surface area contributed by atoms with Crippen molar-refractivity contribution >= 4 is 11.6 Å². The molecule has 1 aromatic carbocycles. The molecule has 0 aliphatic heterocycles. The molecule has 1 amide bonds. The SMILES string of the molecule is CCN(CC)C(C)C(=O)Nc1ccccc1. The molecule has 0 fully saturated rings. The molecule has 3 heteroatoms. The second-order valence-electron chi connectivity index (χ2n) is 3.75. The summed E-state index contributed by atoms with van der Waals surface area (Å²) in [6.45, 7) is 7.84. The van der Waals surface area contributed by atoms with E-state index in [1.165, 1.54) is 0 Å². The molecule has 1 aromatic rings. The predicted octanol–water partition coefficient (Wildman–Crippen LogP) is 2.36. The molecule has 0 radical (unpaired) electrons. The Kier molecular flexibility index (Phi) is 4.99. The number of nitrogens with zero attached hydrogens (tertiary/aromatic N) is 1. The normalized spacial score (nSPS) is 12.5. The van der Waals surface area contributed by atoms with Gasteiger partial charge in [-0.3, -0.25) is 9.69 Å². The molecule has 0 aliphatic carbocycles. The molecule has 0 saturated heterocycles. The number of likely N-dealkylation sites (N-methyl/N-ethyl adjacent to an activating group) is 1. The molecular formula is C13H20N2O. The minimum atomic E-state index is -0.0878. The summed E-state index contributed by atoms with van der Waals surface area (Å²) in [5.41, 5.74) is 0.853. The lowest BCUT2D eigenvalue weighted by Crippen LogP contribution is -2.41. The van der Waals surface area contributed by atoms with Gasteiger partial charge in [0.05, 0.1) is 6.04 Å². The Hall–Kier alpha value is -1.35. The van der Waals surface area contributed by atoms with E-state index in [1.807, 2.05) is 37.3 Å². The number of hydrogen-bond donors (Lipinski definition) is 1. The summed E-state index contributed by atoms with van der Waals surface area (Å²) in [7, 11) is 0. The fraction of sp³-hybridized carbons (Fsp3) is 0.462. The summed E-state index contributed by atoms with van der Waals surface area (Å²) < 4.78 is 0. The number of carbonyl (C=O) groups is 1. The third-order valence-electron chi connectivity index (χ3n) is 2.78. The summed E-state index contributed by atoms with van der Waals surface area (Å²) >= 11 is 0. The number of nitrogens with one attached hydrogen (secondary N) is 1. The van der Waals surface area contributed by atoms with Crippen LogP contribution in [0.4, 0.5) is 5.69 Å². The zero-order valence-electron chi connectivity index (χ0n) is 10.2. The lowest BCUT2D eigenvalue weighted by atomic mass is 10.2. The summed E-state index contributed by atoms with van der Waals surface area (Å²) in [5, 5.41) is 2.91. The van der Waals surface area contributed by atoms with Crippen LogP contribution in [0.1, 0.15) is 20.8 Å². The van der Waals surface area contributed by atoms with Gasteiger partial charge >= 0.3 is 0 Å². The van der Waals surface area contributed by atoms with E-state index in [4.69, 9.17) is 0 Å². The fourth-order valence-electron chi connectivity index (χ4n) is 1.71. The highest BCUT2D eigenvalue weighted by atomic mass is 16.2. The van der Waals surface area contributed by atoms with Crippen molar-refractivity contribution in [1.82, 2.24) is 4.90 Å². The molecule has 0 bridgehead atoms. The molecule has 0 heterocycles. The molecule has 0 aromatic heterocycles. The smallest absolute Gasteiger partial charge is 0.241 e. The molecule has 1 N–H and O–H groups in total. The van der Waals surface area contributed by atoms with Crippen LogP contribution in [0.25, 0.3) is 0 Å². The second-order valence-corrected chi connectivity index (χ2v) is 3.75. The minimum absolute atomic E-state index is 0.0508. The number of benzene rings is 1. The van der Waals surface area contributed by atoms with Gasteiger partial charge in [0.25, 0.3) is 0 Å². The quantitative estimate of drug-likeness (QED) is 0.826. The topological polar surface area (TPSA) is 32.3 Å². The largest absolute Gasteiger partial charge is 0.325 e. The van der Waals surface area contributed by atoms with Gasteiger partial charge in [0.15, 0.2) is 0 Å². The van der Waals surface area contributed by atoms with E-state index in [1.54, 1.807) is 0 Å². The van der Waals surface area contributed by atoms with E-state index in [0.29, 0.717) is 0 Å². The van der Waals surface area contributed by atoms with E-state index in [-0.39, 0.29) is 11.9 Å². The Balaban J connectivity index is 2.58. The Labute approximate surface area is 97.5 Å².